The number of nitrogens with zero attached hydrogens (tertiary/aromatic N) is 1. The highest BCUT2D eigenvalue weighted by Gasteiger charge is 2.28. The summed E-state index contributed by atoms with van der Waals surface area (Å²) in [6.07, 6.45) is 0. The number of rotatable bonds is 7. The Morgan fingerprint density at radius 3 is 2.52 bits per heavy atom. The first kappa shape index (κ1) is 21.1. The Bertz CT molecular complexity index is 971. The molecule has 1 fully saturated rings. The predicted octanol–water partition coefficient (Wildman–Crippen LogP) is 1.65. The summed E-state index contributed by atoms with van der Waals surface area (Å²) < 4.78 is 43.1. The van der Waals surface area contributed by atoms with Gasteiger partial charge in [-0.2, -0.15) is 4.31 Å². The first-order valence-electron chi connectivity index (χ1n) is 9.13. The van der Waals surface area contributed by atoms with E-state index in [1.165, 1.54) is 18.5 Å². The highest BCUT2D eigenvalue weighted by atomic mass is 32.2. The maximum atomic E-state index is 13.0. The van der Waals surface area contributed by atoms with Crippen molar-refractivity contribution in [3.05, 3.63) is 53.6 Å². The average molecular weight is 420 g/mol. The summed E-state index contributed by atoms with van der Waals surface area (Å²) in [6, 6.07) is 11.6. The fourth-order valence-electron chi connectivity index (χ4n) is 3.09. The van der Waals surface area contributed by atoms with E-state index in [1.54, 1.807) is 42.5 Å². The highest BCUT2D eigenvalue weighted by Crippen LogP contribution is 2.25. The molecule has 8 nitrogen and oxygen atoms in total. The van der Waals surface area contributed by atoms with Crippen molar-refractivity contribution in [2.75, 3.05) is 40.5 Å². The van der Waals surface area contributed by atoms with Crippen LogP contribution in [-0.4, -0.2) is 59.2 Å². The van der Waals surface area contributed by atoms with Gasteiger partial charge in [0.15, 0.2) is 0 Å². The van der Waals surface area contributed by atoms with E-state index in [-0.39, 0.29) is 17.3 Å². The van der Waals surface area contributed by atoms with Crippen molar-refractivity contribution < 1.29 is 27.4 Å². The van der Waals surface area contributed by atoms with Crippen LogP contribution in [0.25, 0.3) is 0 Å². The standard InChI is InChI=1S/C20H24N2O6S/c1-26-16-7-8-18(27-2)17(13-16)20(23)21-14-15-5-3-4-6-19(15)29(24,25)22-9-11-28-12-10-22/h3-8,13H,9-12,14H2,1-2H3,(H,21,23). The molecule has 0 aromatic heterocycles. The van der Waals surface area contributed by atoms with E-state index in [0.717, 1.165) is 0 Å². The molecule has 0 aliphatic carbocycles. The van der Waals surface area contributed by atoms with Gasteiger partial charge < -0.3 is 19.5 Å². The van der Waals surface area contributed by atoms with Gasteiger partial charge >= 0.3 is 0 Å². The third kappa shape index (κ3) is 4.69. The highest BCUT2D eigenvalue weighted by molar-refractivity contribution is 7.89. The number of amides is 1. The van der Waals surface area contributed by atoms with Gasteiger partial charge in [-0.25, -0.2) is 8.42 Å². The number of sulfonamides is 1. The van der Waals surface area contributed by atoms with Crippen LogP contribution in [0.2, 0.25) is 0 Å². The number of benzene rings is 2. The number of nitrogens with one attached hydrogen (secondary N) is 1. The zero-order chi connectivity index (χ0) is 20.9. The summed E-state index contributed by atoms with van der Waals surface area (Å²) in [5, 5.41) is 2.77. The molecule has 1 aliphatic rings. The topological polar surface area (TPSA) is 94.2 Å². The molecule has 2 aromatic carbocycles. The molecule has 0 radical (unpaired) electrons. The van der Waals surface area contributed by atoms with Gasteiger partial charge in [-0.1, -0.05) is 18.2 Å². The van der Waals surface area contributed by atoms with E-state index in [1.807, 2.05) is 0 Å². The lowest BCUT2D eigenvalue weighted by molar-refractivity contribution is 0.0730. The van der Waals surface area contributed by atoms with Crippen LogP contribution in [0.3, 0.4) is 0 Å². The molecular formula is C20H24N2O6S. The molecule has 1 aliphatic heterocycles. The van der Waals surface area contributed by atoms with Crippen molar-refractivity contribution in [3.63, 3.8) is 0 Å². The van der Waals surface area contributed by atoms with Crippen molar-refractivity contribution in [3.8, 4) is 11.5 Å². The second kappa shape index (κ2) is 9.25. The number of hydrogen-bond donors (Lipinski definition) is 1. The average Bonchev–Trinajstić information content (AvgIpc) is 2.77. The molecule has 1 heterocycles. The van der Waals surface area contributed by atoms with Crippen molar-refractivity contribution in [1.82, 2.24) is 9.62 Å². The SMILES string of the molecule is COc1ccc(OC)c(C(=O)NCc2ccccc2S(=O)(=O)N2CCOCC2)c1. The molecule has 156 valence electrons. The Morgan fingerprint density at radius 1 is 1.10 bits per heavy atom. The fourth-order valence-corrected chi connectivity index (χ4v) is 4.72. The van der Waals surface area contributed by atoms with Crippen molar-refractivity contribution >= 4 is 15.9 Å². The number of morpholine rings is 1. The molecule has 2 aromatic rings. The lowest BCUT2D eigenvalue weighted by Gasteiger charge is -2.27. The molecule has 1 saturated heterocycles. The molecule has 0 atom stereocenters. The maximum Gasteiger partial charge on any atom is 0.255 e. The lowest BCUT2D eigenvalue weighted by atomic mass is 10.1. The van der Waals surface area contributed by atoms with Gasteiger partial charge in [0, 0.05) is 19.6 Å². The number of ether oxygens (including phenoxy) is 3. The Hall–Kier alpha value is -2.62. The van der Waals surface area contributed by atoms with Gasteiger partial charge in [0.05, 0.1) is 37.9 Å². The third-order valence-electron chi connectivity index (χ3n) is 4.65. The zero-order valence-electron chi connectivity index (χ0n) is 16.4. The molecule has 1 N–H and O–H groups in total. The van der Waals surface area contributed by atoms with Crippen LogP contribution >= 0.6 is 0 Å². The van der Waals surface area contributed by atoms with Gasteiger partial charge in [0.2, 0.25) is 10.0 Å². The summed E-state index contributed by atoms with van der Waals surface area (Å²) in [7, 11) is -0.686. The first-order valence-corrected chi connectivity index (χ1v) is 10.6. The number of methoxy groups -OCH3 is 2. The molecule has 1 amide bonds. The van der Waals surface area contributed by atoms with Crippen LogP contribution in [0.1, 0.15) is 15.9 Å². The van der Waals surface area contributed by atoms with Crippen LogP contribution in [0, 0.1) is 0 Å². The molecule has 3 rings (SSSR count). The van der Waals surface area contributed by atoms with Gasteiger partial charge in [-0.15, -0.1) is 0 Å². The predicted molar refractivity (Wildman–Crippen MR) is 107 cm³/mol. The minimum Gasteiger partial charge on any atom is -0.497 e. The Kier molecular flexibility index (Phi) is 6.73. The normalized spacial score (nSPS) is 15.0. The fraction of sp³-hybridized carbons (Fsp3) is 0.350. The van der Waals surface area contributed by atoms with Crippen LogP contribution in [0.5, 0.6) is 11.5 Å². The van der Waals surface area contributed by atoms with Crippen LogP contribution in [0.4, 0.5) is 0 Å². The minimum absolute atomic E-state index is 0.0545. The van der Waals surface area contributed by atoms with E-state index >= 15 is 0 Å². The van der Waals surface area contributed by atoms with Crippen molar-refractivity contribution in [2.24, 2.45) is 0 Å². The summed E-state index contributed by atoms with van der Waals surface area (Å²) in [5.74, 6) is 0.531. The molecule has 0 unspecified atom stereocenters. The number of carbonyl (C=O) groups is 1. The van der Waals surface area contributed by atoms with E-state index < -0.39 is 10.0 Å². The summed E-state index contributed by atoms with van der Waals surface area (Å²) in [5.41, 5.74) is 0.814. The zero-order valence-corrected chi connectivity index (χ0v) is 17.2. The van der Waals surface area contributed by atoms with E-state index in [9.17, 15) is 13.2 Å². The van der Waals surface area contributed by atoms with E-state index in [4.69, 9.17) is 14.2 Å². The Balaban J connectivity index is 1.81. The van der Waals surface area contributed by atoms with Gasteiger partial charge in [0.1, 0.15) is 11.5 Å². The van der Waals surface area contributed by atoms with Gasteiger partial charge in [-0.3, -0.25) is 4.79 Å². The first-order chi connectivity index (χ1) is 14.0. The van der Waals surface area contributed by atoms with Gasteiger partial charge in [0.25, 0.3) is 5.91 Å². The summed E-state index contributed by atoms with van der Waals surface area (Å²) in [4.78, 5) is 12.9. The Morgan fingerprint density at radius 2 is 1.83 bits per heavy atom. The molecule has 29 heavy (non-hydrogen) atoms. The number of hydrogen-bond acceptors (Lipinski definition) is 6. The monoisotopic (exact) mass is 420 g/mol. The lowest BCUT2D eigenvalue weighted by Crippen LogP contribution is -2.41. The Labute approximate surface area is 170 Å². The molecule has 0 spiro atoms. The van der Waals surface area contributed by atoms with Crippen LogP contribution in [-0.2, 0) is 21.3 Å². The number of carbonyl (C=O) groups excluding carboxylic acids is 1. The molecule has 0 bridgehead atoms. The van der Waals surface area contributed by atoms with Crippen molar-refractivity contribution in [1.29, 1.82) is 0 Å². The van der Waals surface area contributed by atoms with E-state index in [0.29, 0.717) is 48.9 Å². The summed E-state index contributed by atoms with van der Waals surface area (Å²) in [6.45, 7) is 1.41. The third-order valence-corrected chi connectivity index (χ3v) is 6.65. The molecular weight excluding hydrogens is 396 g/mol. The molecule has 9 heteroatoms. The largest absolute Gasteiger partial charge is 0.497 e. The smallest absolute Gasteiger partial charge is 0.255 e. The quantitative estimate of drug-likeness (QED) is 0.732. The molecule has 0 saturated carbocycles. The van der Waals surface area contributed by atoms with Crippen LogP contribution < -0.4 is 14.8 Å². The van der Waals surface area contributed by atoms with Gasteiger partial charge in [-0.05, 0) is 29.8 Å². The van der Waals surface area contributed by atoms with Crippen LogP contribution in [0.15, 0.2) is 47.4 Å². The van der Waals surface area contributed by atoms with E-state index in [2.05, 4.69) is 5.32 Å². The minimum atomic E-state index is -3.67. The summed E-state index contributed by atoms with van der Waals surface area (Å²) >= 11 is 0. The van der Waals surface area contributed by atoms with Crippen molar-refractivity contribution in [2.45, 2.75) is 11.4 Å². The maximum absolute atomic E-state index is 13.0. The second-order valence-corrected chi connectivity index (χ2v) is 8.28. The second-order valence-electron chi connectivity index (χ2n) is 6.37.